The highest BCUT2D eigenvalue weighted by molar-refractivity contribution is 14.0. The fraction of sp³-hybridized carbons (Fsp3) is 0.941. The van der Waals surface area contributed by atoms with Crippen molar-refractivity contribution in [3.05, 3.63) is 0 Å². The van der Waals surface area contributed by atoms with Crippen molar-refractivity contribution in [1.82, 2.24) is 15.5 Å². The summed E-state index contributed by atoms with van der Waals surface area (Å²) < 4.78 is 0. The average molecular weight is 452 g/mol. The van der Waals surface area contributed by atoms with Gasteiger partial charge in [-0.3, -0.25) is 4.99 Å². The van der Waals surface area contributed by atoms with E-state index in [1.54, 1.807) is 0 Å². The summed E-state index contributed by atoms with van der Waals surface area (Å²) in [5.41, 5.74) is 0. The van der Waals surface area contributed by atoms with E-state index in [4.69, 9.17) is 0 Å². The van der Waals surface area contributed by atoms with Gasteiger partial charge < -0.3 is 15.5 Å². The normalized spacial score (nSPS) is 25.0. The second-order valence-electron chi connectivity index (χ2n) is 7.17. The Morgan fingerprint density at radius 3 is 2.35 bits per heavy atom. The lowest BCUT2D eigenvalue weighted by Gasteiger charge is -2.33. The van der Waals surface area contributed by atoms with Gasteiger partial charge in [0.15, 0.2) is 5.96 Å². The smallest absolute Gasteiger partial charge is 0.191 e. The van der Waals surface area contributed by atoms with E-state index < -0.39 is 0 Å². The van der Waals surface area contributed by atoms with Gasteiger partial charge in [-0.2, -0.15) is 11.8 Å². The van der Waals surface area contributed by atoms with Crippen molar-refractivity contribution in [3.8, 4) is 0 Å². The highest BCUT2D eigenvalue weighted by Crippen LogP contribution is 2.30. The first-order chi connectivity index (χ1) is 10.8. The van der Waals surface area contributed by atoms with E-state index >= 15 is 0 Å². The number of nitrogens with one attached hydrogen (secondary N) is 2. The van der Waals surface area contributed by atoms with E-state index in [0.717, 1.165) is 24.3 Å². The Kier molecular flexibility index (Phi) is 8.82. The average Bonchev–Trinajstić information content (AvgIpc) is 3.38. The second kappa shape index (κ2) is 10.3. The fourth-order valence-electron chi connectivity index (χ4n) is 3.50. The summed E-state index contributed by atoms with van der Waals surface area (Å²) in [6, 6.07) is 0.601. The lowest BCUT2D eigenvalue weighted by Crippen LogP contribution is -2.49. The van der Waals surface area contributed by atoms with Gasteiger partial charge in [-0.15, -0.1) is 24.0 Å². The van der Waals surface area contributed by atoms with E-state index in [2.05, 4.69) is 32.3 Å². The summed E-state index contributed by atoms with van der Waals surface area (Å²) in [6.45, 7) is 4.94. The highest BCUT2D eigenvalue weighted by Gasteiger charge is 2.27. The van der Waals surface area contributed by atoms with Crippen LogP contribution >= 0.6 is 35.7 Å². The molecule has 2 heterocycles. The molecular formula is C17H33IN4S. The molecule has 2 aliphatic heterocycles. The summed E-state index contributed by atoms with van der Waals surface area (Å²) in [5, 5.41) is 7.20. The lowest BCUT2D eigenvalue weighted by molar-refractivity contribution is 0.198. The van der Waals surface area contributed by atoms with Crippen molar-refractivity contribution in [3.63, 3.8) is 0 Å². The number of hydrogen-bond donors (Lipinski definition) is 2. The largest absolute Gasteiger partial charge is 0.356 e. The van der Waals surface area contributed by atoms with Gasteiger partial charge in [-0.25, -0.2) is 0 Å². The van der Waals surface area contributed by atoms with Crippen LogP contribution in [0.5, 0.6) is 0 Å². The molecule has 0 aromatic carbocycles. The van der Waals surface area contributed by atoms with Crippen molar-refractivity contribution in [2.75, 3.05) is 44.7 Å². The van der Waals surface area contributed by atoms with Crippen LogP contribution in [0.3, 0.4) is 0 Å². The van der Waals surface area contributed by atoms with Crippen molar-refractivity contribution >= 4 is 41.7 Å². The molecule has 0 spiro atoms. The molecule has 1 aliphatic carbocycles. The Labute approximate surface area is 163 Å². The first-order valence-electron chi connectivity index (χ1n) is 9.11. The monoisotopic (exact) mass is 452 g/mol. The topological polar surface area (TPSA) is 39.7 Å². The molecule has 4 nitrogen and oxygen atoms in total. The first-order valence-corrected chi connectivity index (χ1v) is 10.3. The van der Waals surface area contributed by atoms with Crippen LogP contribution in [0.4, 0.5) is 0 Å². The van der Waals surface area contributed by atoms with E-state index in [1.807, 2.05) is 7.05 Å². The molecule has 3 rings (SSSR count). The molecule has 23 heavy (non-hydrogen) atoms. The third kappa shape index (κ3) is 6.98. The fourth-order valence-corrected chi connectivity index (χ4v) is 4.71. The molecule has 3 aliphatic rings. The number of likely N-dealkylation sites (tertiary alicyclic amines) is 1. The van der Waals surface area contributed by atoms with Crippen molar-refractivity contribution in [2.45, 2.75) is 44.6 Å². The van der Waals surface area contributed by atoms with Crippen molar-refractivity contribution < 1.29 is 0 Å². The Bertz CT molecular complexity index is 362. The predicted octanol–water partition coefficient (Wildman–Crippen LogP) is 2.79. The Balaban J connectivity index is 0.00000192. The second-order valence-corrected chi connectivity index (χ2v) is 8.40. The van der Waals surface area contributed by atoms with Gasteiger partial charge in [0.2, 0.25) is 0 Å². The lowest BCUT2D eigenvalue weighted by atomic mass is 10.0. The number of guanidine groups is 1. The molecule has 0 atom stereocenters. The molecule has 0 amide bonds. The Morgan fingerprint density at radius 2 is 1.74 bits per heavy atom. The van der Waals surface area contributed by atoms with Crippen LogP contribution in [0.1, 0.15) is 38.5 Å². The molecule has 0 radical (unpaired) electrons. The quantitative estimate of drug-likeness (QED) is 0.383. The minimum absolute atomic E-state index is 0. The van der Waals surface area contributed by atoms with Crippen LogP contribution in [0.25, 0.3) is 0 Å². The first kappa shape index (κ1) is 19.6. The van der Waals surface area contributed by atoms with E-state index in [0.29, 0.717) is 6.04 Å². The number of nitrogens with zero attached hydrogens (tertiary/aromatic N) is 2. The number of hydrogen-bond acceptors (Lipinski definition) is 3. The third-order valence-electron chi connectivity index (χ3n) is 5.26. The molecule has 0 aromatic rings. The van der Waals surface area contributed by atoms with Crippen LogP contribution < -0.4 is 10.6 Å². The van der Waals surface area contributed by atoms with Gasteiger partial charge in [0.05, 0.1) is 0 Å². The van der Waals surface area contributed by atoms with E-state index in [-0.39, 0.29) is 24.0 Å². The molecule has 0 unspecified atom stereocenters. The molecular weight excluding hydrogens is 419 g/mol. The van der Waals surface area contributed by atoms with Crippen LogP contribution in [0, 0.1) is 11.8 Å². The van der Waals surface area contributed by atoms with Gasteiger partial charge in [-0.1, -0.05) is 0 Å². The molecule has 2 N–H and O–H groups in total. The summed E-state index contributed by atoms with van der Waals surface area (Å²) in [5.74, 6) is 5.53. The zero-order valence-electron chi connectivity index (χ0n) is 14.4. The van der Waals surface area contributed by atoms with E-state index in [1.165, 1.54) is 69.7 Å². The molecule has 1 saturated carbocycles. The Morgan fingerprint density at radius 1 is 1.04 bits per heavy atom. The maximum Gasteiger partial charge on any atom is 0.191 e. The summed E-state index contributed by atoms with van der Waals surface area (Å²) in [4.78, 5) is 7.08. The van der Waals surface area contributed by atoms with Crippen LogP contribution in [-0.2, 0) is 0 Å². The highest BCUT2D eigenvalue weighted by atomic mass is 127. The molecule has 134 valence electrons. The summed E-state index contributed by atoms with van der Waals surface area (Å²) in [7, 11) is 1.90. The molecule has 6 heteroatoms. The third-order valence-corrected chi connectivity index (χ3v) is 6.31. The zero-order valence-corrected chi connectivity index (χ0v) is 17.6. The van der Waals surface area contributed by atoms with Gasteiger partial charge >= 0.3 is 0 Å². The zero-order chi connectivity index (χ0) is 15.2. The number of halogens is 1. The summed E-state index contributed by atoms with van der Waals surface area (Å²) in [6.07, 6.45) is 8.16. The standard InChI is InChI=1S/C17H32N4S.HI/c1-18-17(19-12-14-6-10-22-11-7-14)20-16-4-8-21(9-5-16)13-15-2-3-15;/h14-16H,2-13H2,1H3,(H2,18,19,20);1H. The molecule has 3 fully saturated rings. The van der Waals surface area contributed by atoms with Crippen LogP contribution in [-0.4, -0.2) is 61.6 Å². The maximum absolute atomic E-state index is 4.42. The van der Waals surface area contributed by atoms with Crippen molar-refractivity contribution in [1.29, 1.82) is 0 Å². The molecule has 2 saturated heterocycles. The number of thioether (sulfide) groups is 1. The van der Waals surface area contributed by atoms with Crippen LogP contribution in [0.15, 0.2) is 4.99 Å². The predicted molar refractivity (Wildman–Crippen MR) is 112 cm³/mol. The van der Waals surface area contributed by atoms with Gasteiger partial charge in [0.25, 0.3) is 0 Å². The SMILES string of the molecule is CN=C(NCC1CCSCC1)NC1CCN(CC2CC2)CC1.I. The number of aliphatic imine (C=N–C) groups is 1. The maximum atomic E-state index is 4.42. The van der Waals surface area contributed by atoms with Crippen molar-refractivity contribution in [2.24, 2.45) is 16.8 Å². The van der Waals surface area contributed by atoms with Gasteiger partial charge in [0, 0.05) is 39.3 Å². The van der Waals surface area contributed by atoms with E-state index in [9.17, 15) is 0 Å². The minimum Gasteiger partial charge on any atom is -0.356 e. The van der Waals surface area contributed by atoms with Gasteiger partial charge in [0.1, 0.15) is 0 Å². The number of rotatable bonds is 5. The van der Waals surface area contributed by atoms with Crippen LogP contribution in [0.2, 0.25) is 0 Å². The molecule has 0 aromatic heterocycles. The Hall–Kier alpha value is 0.310. The van der Waals surface area contributed by atoms with Gasteiger partial charge in [-0.05, 0) is 61.9 Å². The number of piperidine rings is 1. The minimum atomic E-state index is 0. The molecule has 0 bridgehead atoms. The summed E-state index contributed by atoms with van der Waals surface area (Å²) >= 11 is 2.10.